The summed E-state index contributed by atoms with van der Waals surface area (Å²) in [4.78, 5) is 11.4. The van der Waals surface area contributed by atoms with E-state index in [9.17, 15) is 18.0 Å². The molecule has 0 saturated carbocycles. The quantitative estimate of drug-likeness (QED) is 0.739. The minimum Gasteiger partial charge on any atom is -0.294 e. The number of benzene rings is 1. The number of carbonyl (C=O) groups is 1. The summed E-state index contributed by atoms with van der Waals surface area (Å²) in [5.74, 6) is -0.623. The fourth-order valence-corrected chi connectivity index (χ4v) is 1.64. The number of alkyl halides is 3. The van der Waals surface area contributed by atoms with Crippen molar-refractivity contribution in [2.24, 2.45) is 0 Å². The van der Waals surface area contributed by atoms with Crippen LogP contribution < -0.4 is 0 Å². The summed E-state index contributed by atoms with van der Waals surface area (Å²) in [5, 5.41) is 0.450. The maximum Gasteiger partial charge on any atom is 0.389 e. The molecule has 16 heavy (non-hydrogen) atoms. The van der Waals surface area contributed by atoms with Gasteiger partial charge in [-0.15, -0.1) is 0 Å². The zero-order valence-corrected chi connectivity index (χ0v) is 9.46. The second kappa shape index (κ2) is 5.06. The van der Waals surface area contributed by atoms with Gasteiger partial charge in [0.15, 0.2) is 5.78 Å². The molecule has 0 unspecified atom stereocenters. The van der Waals surface area contributed by atoms with Crippen molar-refractivity contribution in [2.75, 3.05) is 0 Å². The van der Waals surface area contributed by atoms with Crippen molar-refractivity contribution in [3.05, 3.63) is 33.8 Å². The molecule has 0 aromatic heterocycles. The van der Waals surface area contributed by atoms with Crippen LogP contribution in [0.1, 0.15) is 23.2 Å². The summed E-state index contributed by atoms with van der Waals surface area (Å²) in [6, 6.07) is 4.00. The molecule has 6 heteroatoms. The largest absolute Gasteiger partial charge is 0.389 e. The molecule has 0 radical (unpaired) electrons. The number of carbonyl (C=O) groups excluding carboxylic acids is 1. The highest BCUT2D eigenvalue weighted by atomic mass is 35.5. The molecule has 0 aliphatic heterocycles. The third-order valence-corrected chi connectivity index (χ3v) is 2.26. The first kappa shape index (κ1) is 13.3. The van der Waals surface area contributed by atoms with Gasteiger partial charge >= 0.3 is 6.18 Å². The number of Topliss-reactive ketones (excluding diaryl/α,β-unsaturated/α-hetero) is 1. The van der Waals surface area contributed by atoms with Crippen LogP contribution in [-0.4, -0.2) is 12.0 Å². The van der Waals surface area contributed by atoms with Crippen LogP contribution in [0.15, 0.2) is 18.2 Å². The highest BCUT2D eigenvalue weighted by Gasteiger charge is 2.28. The van der Waals surface area contributed by atoms with Gasteiger partial charge in [0.1, 0.15) is 0 Å². The van der Waals surface area contributed by atoms with Crippen molar-refractivity contribution >= 4 is 29.0 Å². The van der Waals surface area contributed by atoms with E-state index in [0.717, 1.165) is 0 Å². The molecule has 0 bridgehead atoms. The normalized spacial score (nSPS) is 11.6. The van der Waals surface area contributed by atoms with Crippen molar-refractivity contribution in [3.63, 3.8) is 0 Å². The van der Waals surface area contributed by atoms with Crippen molar-refractivity contribution in [3.8, 4) is 0 Å². The molecule has 0 aliphatic carbocycles. The third-order valence-electron chi connectivity index (χ3n) is 1.82. The van der Waals surface area contributed by atoms with E-state index in [1.165, 1.54) is 18.2 Å². The maximum atomic E-state index is 11.9. The Labute approximate surface area is 100 Å². The van der Waals surface area contributed by atoms with Crippen LogP contribution in [0, 0.1) is 0 Å². The Morgan fingerprint density at radius 2 is 1.62 bits per heavy atom. The number of hydrogen-bond donors (Lipinski definition) is 0. The van der Waals surface area contributed by atoms with Crippen LogP contribution in [0.3, 0.4) is 0 Å². The van der Waals surface area contributed by atoms with Crippen molar-refractivity contribution in [1.82, 2.24) is 0 Å². The minimum absolute atomic E-state index is 0.0988. The lowest BCUT2D eigenvalue weighted by Crippen LogP contribution is -2.10. The zero-order chi connectivity index (χ0) is 12.3. The van der Waals surface area contributed by atoms with Crippen LogP contribution in [0.4, 0.5) is 13.2 Å². The fraction of sp³-hybridized carbons (Fsp3) is 0.300. The molecule has 0 fully saturated rings. The Bertz CT molecular complexity index is 381. The molecule has 0 N–H and O–H groups in total. The van der Waals surface area contributed by atoms with E-state index in [2.05, 4.69) is 0 Å². The standard InChI is InChI=1S/C10H7Cl2F3O/c11-7-3-6(4-8(12)5-7)9(16)1-2-10(13,14)15/h3-5H,1-2H2. The van der Waals surface area contributed by atoms with E-state index in [4.69, 9.17) is 23.2 Å². The summed E-state index contributed by atoms with van der Waals surface area (Å²) in [7, 11) is 0. The van der Waals surface area contributed by atoms with E-state index >= 15 is 0 Å². The summed E-state index contributed by atoms with van der Waals surface area (Å²) in [6.07, 6.45) is -6.08. The molecule has 0 amide bonds. The SMILES string of the molecule is O=C(CCC(F)(F)F)c1cc(Cl)cc(Cl)c1. The molecule has 0 saturated heterocycles. The monoisotopic (exact) mass is 270 g/mol. The van der Waals surface area contributed by atoms with Crippen molar-refractivity contribution < 1.29 is 18.0 Å². The molecule has 0 spiro atoms. The highest BCUT2D eigenvalue weighted by Crippen LogP contribution is 2.24. The lowest BCUT2D eigenvalue weighted by Gasteiger charge is -2.05. The second-order valence-electron chi connectivity index (χ2n) is 3.20. The van der Waals surface area contributed by atoms with Gasteiger partial charge < -0.3 is 0 Å². The Morgan fingerprint density at radius 3 is 2.06 bits per heavy atom. The second-order valence-corrected chi connectivity index (χ2v) is 4.07. The van der Waals surface area contributed by atoms with Crippen LogP contribution >= 0.6 is 23.2 Å². The zero-order valence-electron chi connectivity index (χ0n) is 7.94. The first-order chi connectivity index (χ1) is 7.28. The minimum atomic E-state index is -4.34. The molecule has 1 aromatic rings. The average molecular weight is 271 g/mol. The van der Waals surface area contributed by atoms with Gasteiger partial charge in [0.05, 0.1) is 6.42 Å². The van der Waals surface area contributed by atoms with E-state index in [1.807, 2.05) is 0 Å². The fourth-order valence-electron chi connectivity index (χ4n) is 1.11. The van der Waals surface area contributed by atoms with Crippen molar-refractivity contribution in [2.45, 2.75) is 19.0 Å². The molecule has 0 aliphatic rings. The molecule has 0 heterocycles. The number of halogens is 5. The first-order valence-corrected chi connectivity index (χ1v) is 5.09. The topological polar surface area (TPSA) is 17.1 Å². The number of hydrogen-bond acceptors (Lipinski definition) is 1. The van der Waals surface area contributed by atoms with Crippen LogP contribution in [0.5, 0.6) is 0 Å². The Hall–Kier alpha value is -0.740. The predicted molar refractivity (Wildman–Crippen MR) is 56.1 cm³/mol. The summed E-state index contributed by atoms with van der Waals surface area (Å²) in [6.45, 7) is 0. The number of rotatable bonds is 3. The summed E-state index contributed by atoms with van der Waals surface area (Å²) in [5.41, 5.74) is 0.0988. The predicted octanol–water partition coefficient (Wildman–Crippen LogP) is 4.52. The Kier molecular flexibility index (Phi) is 4.21. The Balaban J connectivity index is 2.73. The molecule has 1 rings (SSSR count). The van der Waals surface area contributed by atoms with Crippen LogP contribution in [0.2, 0.25) is 10.0 Å². The molecule has 1 nitrogen and oxygen atoms in total. The van der Waals surface area contributed by atoms with Gasteiger partial charge in [-0.2, -0.15) is 13.2 Å². The summed E-state index contributed by atoms with van der Waals surface area (Å²) >= 11 is 11.3. The van der Waals surface area contributed by atoms with E-state index in [0.29, 0.717) is 0 Å². The lowest BCUT2D eigenvalue weighted by molar-refractivity contribution is -0.133. The summed E-state index contributed by atoms with van der Waals surface area (Å²) < 4.78 is 35.7. The van der Waals surface area contributed by atoms with Gasteiger partial charge in [-0.3, -0.25) is 4.79 Å². The molecule has 1 aromatic carbocycles. The van der Waals surface area contributed by atoms with Gasteiger partial charge in [-0.1, -0.05) is 23.2 Å². The molecular formula is C10H7Cl2F3O. The van der Waals surface area contributed by atoms with E-state index < -0.39 is 24.8 Å². The third kappa shape index (κ3) is 4.41. The Morgan fingerprint density at radius 1 is 1.12 bits per heavy atom. The van der Waals surface area contributed by atoms with Crippen molar-refractivity contribution in [1.29, 1.82) is 0 Å². The lowest BCUT2D eigenvalue weighted by atomic mass is 10.1. The van der Waals surface area contributed by atoms with Gasteiger partial charge in [-0.05, 0) is 18.2 Å². The van der Waals surface area contributed by atoms with E-state index in [1.54, 1.807) is 0 Å². The number of ketones is 1. The van der Waals surface area contributed by atoms with E-state index in [-0.39, 0.29) is 15.6 Å². The van der Waals surface area contributed by atoms with Gasteiger partial charge in [0, 0.05) is 22.0 Å². The van der Waals surface area contributed by atoms with Gasteiger partial charge in [-0.25, -0.2) is 0 Å². The average Bonchev–Trinajstić information content (AvgIpc) is 2.11. The molecule has 88 valence electrons. The maximum absolute atomic E-state index is 11.9. The molecular weight excluding hydrogens is 264 g/mol. The van der Waals surface area contributed by atoms with Gasteiger partial charge in [0.25, 0.3) is 0 Å². The smallest absolute Gasteiger partial charge is 0.294 e. The van der Waals surface area contributed by atoms with Gasteiger partial charge in [0.2, 0.25) is 0 Å². The first-order valence-electron chi connectivity index (χ1n) is 4.34. The van der Waals surface area contributed by atoms with Crippen LogP contribution in [0.25, 0.3) is 0 Å². The highest BCUT2D eigenvalue weighted by molar-refractivity contribution is 6.35. The molecule has 0 atom stereocenters. The van der Waals surface area contributed by atoms with Crippen LogP contribution in [-0.2, 0) is 0 Å².